The molecule has 2 aliphatic rings. The maximum atomic E-state index is 12.4. The predicted octanol–water partition coefficient (Wildman–Crippen LogP) is 2.21. The molecule has 2 aliphatic heterocycles. The molecule has 19 heavy (non-hydrogen) atoms. The highest BCUT2D eigenvalue weighted by atomic mass is 16.2. The van der Waals surface area contributed by atoms with E-state index < -0.39 is 0 Å². The first-order valence-corrected chi connectivity index (χ1v) is 7.09. The van der Waals surface area contributed by atoms with Crippen molar-refractivity contribution in [1.29, 1.82) is 0 Å². The molecule has 4 nitrogen and oxygen atoms in total. The molecule has 1 aromatic rings. The molecule has 2 unspecified atom stereocenters. The molecule has 0 aromatic heterocycles. The number of nitrogens with zero attached hydrogens (tertiary/aromatic N) is 1. The Morgan fingerprint density at radius 2 is 2.32 bits per heavy atom. The number of piperidine rings is 1. The van der Waals surface area contributed by atoms with Gasteiger partial charge in [0.1, 0.15) is 0 Å². The van der Waals surface area contributed by atoms with Crippen LogP contribution in [0.3, 0.4) is 0 Å². The molecule has 2 amide bonds. The van der Waals surface area contributed by atoms with Crippen LogP contribution in [0, 0.1) is 12.8 Å². The van der Waals surface area contributed by atoms with E-state index in [1.165, 1.54) is 6.42 Å². The van der Waals surface area contributed by atoms with E-state index in [0.717, 1.165) is 37.3 Å². The Morgan fingerprint density at radius 1 is 1.42 bits per heavy atom. The summed E-state index contributed by atoms with van der Waals surface area (Å²) >= 11 is 0. The van der Waals surface area contributed by atoms with E-state index in [4.69, 9.17) is 0 Å². The van der Waals surface area contributed by atoms with E-state index in [2.05, 4.69) is 10.6 Å². The standard InChI is InChI=1S/C15H21N3O/c1-11-4-2-6-13(8-11)17-15(19)18-7-3-5-12-9-16-10-14(12)18/h2,4,6,8,12,14,16H,3,5,7,9-10H2,1H3,(H,17,19). The smallest absolute Gasteiger partial charge is 0.320 e. The summed E-state index contributed by atoms with van der Waals surface area (Å²) in [5.74, 6) is 0.636. The molecule has 0 aliphatic carbocycles. The van der Waals surface area contributed by atoms with Crippen LogP contribution in [-0.4, -0.2) is 36.6 Å². The van der Waals surface area contributed by atoms with Gasteiger partial charge in [0.05, 0.1) is 0 Å². The first-order chi connectivity index (χ1) is 9.24. The summed E-state index contributed by atoms with van der Waals surface area (Å²) in [6, 6.07) is 8.38. The number of anilines is 1. The van der Waals surface area contributed by atoms with Crippen LogP contribution >= 0.6 is 0 Å². The van der Waals surface area contributed by atoms with Gasteiger partial charge in [-0.3, -0.25) is 0 Å². The van der Waals surface area contributed by atoms with Crippen LogP contribution in [0.5, 0.6) is 0 Å². The van der Waals surface area contributed by atoms with Crippen molar-refractivity contribution in [3.63, 3.8) is 0 Å². The minimum atomic E-state index is 0.0454. The molecule has 2 N–H and O–H groups in total. The number of urea groups is 1. The van der Waals surface area contributed by atoms with Crippen molar-refractivity contribution in [3.8, 4) is 0 Å². The lowest BCUT2D eigenvalue weighted by Gasteiger charge is -2.36. The fraction of sp³-hybridized carbons (Fsp3) is 0.533. The van der Waals surface area contributed by atoms with E-state index in [0.29, 0.717) is 12.0 Å². The molecule has 0 spiro atoms. The fourth-order valence-electron chi connectivity index (χ4n) is 3.24. The second-order valence-corrected chi connectivity index (χ2v) is 5.62. The van der Waals surface area contributed by atoms with Gasteiger partial charge in [0.25, 0.3) is 0 Å². The number of carbonyl (C=O) groups excluding carboxylic acids is 1. The van der Waals surface area contributed by atoms with Crippen LogP contribution in [0.2, 0.25) is 0 Å². The molecule has 0 radical (unpaired) electrons. The van der Waals surface area contributed by atoms with Gasteiger partial charge in [-0.05, 0) is 43.4 Å². The average molecular weight is 259 g/mol. The largest absolute Gasteiger partial charge is 0.322 e. The van der Waals surface area contributed by atoms with Crippen LogP contribution < -0.4 is 10.6 Å². The second-order valence-electron chi connectivity index (χ2n) is 5.62. The predicted molar refractivity (Wildman–Crippen MR) is 76.3 cm³/mol. The first-order valence-electron chi connectivity index (χ1n) is 7.09. The Morgan fingerprint density at radius 3 is 3.16 bits per heavy atom. The molecule has 0 bridgehead atoms. The Balaban J connectivity index is 1.69. The third kappa shape index (κ3) is 2.59. The summed E-state index contributed by atoms with van der Waals surface area (Å²) in [6.45, 7) is 4.90. The molecule has 2 fully saturated rings. The maximum Gasteiger partial charge on any atom is 0.322 e. The van der Waals surface area contributed by atoms with E-state index in [-0.39, 0.29) is 6.03 Å². The molecule has 1 aromatic carbocycles. The number of hydrogen-bond acceptors (Lipinski definition) is 2. The van der Waals surface area contributed by atoms with Gasteiger partial charge in [-0.15, -0.1) is 0 Å². The zero-order chi connectivity index (χ0) is 13.2. The van der Waals surface area contributed by atoms with Gasteiger partial charge in [-0.2, -0.15) is 0 Å². The van der Waals surface area contributed by atoms with Gasteiger partial charge in [-0.1, -0.05) is 12.1 Å². The molecule has 102 valence electrons. The van der Waals surface area contributed by atoms with Crippen LogP contribution in [0.15, 0.2) is 24.3 Å². The van der Waals surface area contributed by atoms with Crippen LogP contribution in [0.4, 0.5) is 10.5 Å². The lowest BCUT2D eigenvalue weighted by atomic mass is 9.92. The Bertz CT molecular complexity index is 474. The topological polar surface area (TPSA) is 44.4 Å². The third-order valence-corrected chi connectivity index (χ3v) is 4.21. The van der Waals surface area contributed by atoms with Gasteiger partial charge in [0.15, 0.2) is 0 Å². The number of nitrogens with one attached hydrogen (secondary N) is 2. The lowest BCUT2D eigenvalue weighted by Crippen LogP contribution is -2.50. The molecular weight excluding hydrogens is 238 g/mol. The quantitative estimate of drug-likeness (QED) is 0.812. The van der Waals surface area contributed by atoms with Crippen molar-refractivity contribution in [2.24, 2.45) is 5.92 Å². The number of benzene rings is 1. The van der Waals surface area contributed by atoms with Gasteiger partial charge in [0.2, 0.25) is 0 Å². The van der Waals surface area contributed by atoms with Crippen molar-refractivity contribution in [2.75, 3.05) is 25.0 Å². The SMILES string of the molecule is Cc1cccc(NC(=O)N2CCCC3CNCC32)c1. The van der Waals surface area contributed by atoms with Crippen molar-refractivity contribution in [3.05, 3.63) is 29.8 Å². The van der Waals surface area contributed by atoms with Gasteiger partial charge in [0, 0.05) is 31.4 Å². The van der Waals surface area contributed by atoms with Crippen LogP contribution in [-0.2, 0) is 0 Å². The monoisotopic (exact) mass is 259 g/mol. The van der Waals surface area contributed by atoms with Crippen LogP contribution in [0.1, 0.15) is 18.4 Å². The third-order valence-electron chi connectivity index (χ3n) is 4.21. The molecule has 2 saturated heterocycles. The van der Waals surface area contributed by atoms with Gasteiger partial charge >= 0.3 is 6.03 Å². The summed E-state index contributed by atoms with van der Waals surface area (Å²) in [5.41, 5.74) is 2.05. The molecule has 4 heteroatoms. The van der Waals surface area contributed by atoms with Crippen LogP contribution in [0.25, 0.3) is 0 Å². The zero-order valence-corrected chi connectivity index (χ0v) is 11.4. The normalized spacial score (nSPS) is 26.1. The average Bonchev–Trinajstić information content (AvgIpc) is 2.86. The number of amides is 2. The summed E-state index contributed by atoms with van der Waals surface area (Å²) in [6.07, 6.45) is 2.36. The van der Waals surface area contributed by atoms with E-state index >= 15 is 0 Å². The number of aryl methyl sites for hydroxylation is 1. The number of carbonyl (C=O) groups is 1. The summed E-state index contributed by atoms with van der Waals surface area (Å²) < 4.78 is 0. The summed E-state index contributed by atoms with van der Waals surface area (Å²) in [5, 5.41) is 6.42. The van der Waals surface area contributed by atoms with Crippen molar-refractivity contribution >= 4 is 11.7 Å². The summed E-state index contributed by atoms with van der Waals surface area (Å²) in [4.78, 5) is 14.4. The minimum absolute atomic E-state index is 0.0454. The number of rotatable bonds is 1. The molecule has 3 rings (SSSR count). The lowest BCUT2D eigenvalue weighted by molar-refractivity contribution is 0.147. The fourth-order valence-corrected chi connectivity index (χ4v) is 3.24. The minimum Gasteiger partial charge on any atom is -0.320 e. The molecule has 0 saturated carbocycles. The highest BCUT2D eigenvalue weighted by Gasteiger charge is 2.37. The highest BCUT2D eigenvalue weighted by Crippen LogP contribution is 2.27. The number of likely N-dealkylation sites (tertiary alicyclic amines) is 1. The Kier molecular flexibility index (Phi) is 3.42. The van der Waals surface area contributed by atoms with E-state index in [1.54, 1.807) is 0 Å². The second kappa shape index (κ2) is 5.21. The Hall–Kier alpha value is -1.55. The Labute approximate surface area is 114 Å². The number of fused-ring (bicyclic) bond motifs is 1. The van der Waals surface area contributed by atoms with E-state index in [9.17, 15) is 4.79 Å². The highest BCUT2D eigenvalue weighted by molar-refractivity contribution is 5.89. The molecule has 2 heterocycles. The molecule has 2 atom stereocenters. The molecular formula is C15H21N3O. The first kappa shape index (κ1) is 12.5. The van der Waals surface area contributed by atoms with Crippen molar-refractivity contribution in [1.82, 2.24) is 10.2 Å². The van der Waals surface area contributed by atoms with E-state index in [1.807, 2.05) is 36.1 Å². The maximum absolute atomic E-state index is 12.4. The summed E-state index contributed by atoms with van der Waals surface area (Å²) in [7, 11) is 0. The van der Waals surface area contributed by atoms with Crippen molar-refractivity contribution in [2.45, 2.75) is 25.8 Å². The zero-order valence-electron chi connectivity index (χ0n) is 11.4. The number of hydrogen-bond donors (Lipinski definition) is 2. The van der Waals surface area contributed by atoms with Crippen molar-refractivity contribution < 1.29 is 4.79 Å². The van der Waals surface area contributed by atoms with Gasteiger partial charge < -0.3 is 15.5 Å². The van der Waals surface area contributed by atoms with Gasteiger partial charge in [-0.25, -0.2) is 4.79 Å².